The van der Waals surface area contributed by atoms with Crippen LogP contribution >= 0.6 is 11.3 Å². The molecule has 2 rings (SSSR count). The van der Waals surface area contributed by atoms with Gasteiger partial charge in [-0.3, -0.25) is 0 Å². The Morgan fingerprint density at radius 3 is 2.76 bits per heavy atom. The third-order valence-electron chi connectivity index (χ3n) is 3.71. The van der Waals surface area contributed by atoms with E-state index in [0.29, 0.717) is 5.41 Å². The zero-order valence-electron chi connectivity index (χ0n) is 11.1. The van der Waals surface area contributed by atoms with Crippen molar-refractivity contribution in [3.63, 3.8) is 0 Å². The first-order valence-electron chi connectivity index (χ1n) is 6.38. The molecule has 4 heteroatoms. The molecule has 0 radical (unpaired) electrons. The van der Waals surface area contributed by atoms with Gasteiger partial charge in [-0.05, 0) is 45.3 Å². The van der Waals surface area contributed by atoms with Crippen LogP contribution in [0.15, 0.2) is 6.20 Å². The van der Waals surface area contributed by atoms with Crippen molar-refractivity contribution in [2.45, 2.75) is 33.2 Å². The molecule has 0 unspecified atom stereocenters. The van der Waals surface area contributed by atoms with Gasteiger partial charge in [-0.1, -0.05) is 6.92 Å². The molecule has 3 nitrogen and oxygen atoms in total. The van der Waals surface area contributed by atoms with E-state index in [2.05, 4.69) is 36.1 Å². The molecule has 0 bridgehead atoms. The van der Waals surface area contributed by atoms with Crippen molar-refractivity contribution in [1.29, 1.82) is 0 Å². The molecule has 2 heterocycles. The molecule has 0 atom stereocenters. The van der Waals surface area contributed by atoms with E-state index >= 15 is 0 Å². The summed E-state index contributed by atoms with van der Waals surface area (Å²) in [4.78, 5) is 8.05. The first-order valence-corrected chi connectivity index (χ1v) is 7.20. The minimum Gasteiger partial charge on any atom is -0.311 e. The van der Waals surface area contributed by atoms with Crippen LogP contribution < -0.4 is 5.32 Å². The molecule has 1 N–H and O–H groups in total. The summed E-state index contributed by atoms with van der Waals surface area (Å²) in [6.45, 7) is 9.03. The third-order valence-corrected chi connectivity index (χ3v) is 4.63. The molecule has 96 valence electrons. The summed E-state index contributed by atoms with van der Waals surface area (Å²) in [5, 5.41) is 4.75. The standard InChI is InChI=1S/C13H23N3S/c1-11-15-9-12(17-11)8-14-10-13(2)4-6-16(3)7-5-13/h9,14H,4-8,10H2,1-3H3. The maximum absolute atomic E-state index is 4.28. The minimum absolute atomic E-state index is 0.478. The molecule has 1 aliphatic heterocycles. The fourth-order valence-electron chi connectivity index (χ4n) is 2.31. The van der Waals surface area contributed by atoms with Crippen LogP contribution in [0.5, 0.6) is 0 Å². The van der Waals surface area contributed by atoms with Crippen LogP contribution in [0.3, 0.4) is 0 Å². The van der Waals surface area contributed by atoms with Crippen molar-refractivity contribution in [2.75, 3.05) is 26.7 Å². The number of rotatable bonds is 4. The number of thiazole rings is 1. The quantitative estimate of drug-likeness (QED) is 0.892. The fraction of sp³-hybridized carbons (Fsp3) is 0.769. The zero-order chi connectivity index (χ0) is 12.3. The predicted octanol–water partition coefficient (Wildman–Crippen LogP) is 2.27. The van der Waals surface area contributed by atoms with Crippen molar-refractivity contribution in [1.82, 2.24) is 15.2 Å². The lowest BCUT2D eigenvalue weighted by atomic mass is 9.80. The smallest absolute Gasteiger partial charge is 0.0897 e. The van der Waals surface area contributed by atoms with Gasteiger partial charge in [0, 0.05) is 24.2 Å². The van der Waals surface area contributed by atoms with Gasteiger partial charge in [-0.2, -0.15) is 0 Å². The highest BCUT2D eigenvalue weighted by Gasteiger charge is 2.28. The molecule has 0 spiro atoms. The van der Waals surface area contributed by atoms with Crippen LogP contribution in [0, 0.1) is 12.3 Å². The number of nitrogens with one attached hydrogen (secondary N) is 1. The first kappa shape index (κ1) is 13.0. The Hall–Kier alpha value is -0.450. The van der Waals surface area contributed by atoms with Gasteiger partial charge in [-0.15, -0.1) is 11.3 Å². The second-order valence-electron chi connectivity index (χ2n) is 5.56. The van der Waals surface area contributed by atoms with Crippen LogP contribution in [0.2, 0.25) is 0 Å². The molecule has 0 amide bonds. The molecular formula is C13H23N3S. The van der Waals surface area contributed by atoms with Crippen molar-refractivity contribution < 1.29 is 0 Å². The highest BCUT2D eigenvalue weighted by molar-refractivity contribution is 7.11. The Kier molecular flexibility index (Phi) is 4.17. The second-order valence-corrected chi connectivity index (χ2v) is 6.88. The molecular weight excluding hydrogens is 230 g/mol. The molecule has 1 aromatic rings. The van der Waals surface area contributed by atoms with Gasteiger partial charge < -0.3 is 10.2 Å². The molecule has 1 fully saturated rings. The maximum Gasteiger partial charge on any atom is 0.0897 e. The van der Waals surface area contributed by atoms with Gasteiger partial charge in [0.05, 0.1) is 5.01 Å². The number of likely N-dealkylation sites (tertiary alicyclic amines) is 1. The average molecular weight is 253 g/mol. The van der Waals surface area contributed by atoms with Crippen molar-refractivity contribution in [2.24, 2.45) is 5.41 Å². The van der Waals surface area contributed by atoms with E-state index in [0.717, 1.165) is 18.1 Å². The van der Waals surface area contributed by atoms with E-state index in [1.54, 1.807) is 11.3 Å². The lowest BCUT2D eigenvalue weighted by Gasteiger charge is -2.38. The van der Waals surface area contributed by atoms with E-state index in [4.69, 9.17) is 0 Å². The summed E-state index contributed by atoms with van der Waals surface area (Å²) >= 11 is 1.79. The van der Waals surface area contributed by atoms with Crippen molar-refractivity contribution in [3.05, 3.63) is 16.1 Å². The summed E-state index contributed by atoms with van der Waals surface area (Å²) in [7, 11) is 2.22. The Bertz CT molecular complexity index is 353. The lowest BCUT2D eigenvalue weighted by molar-refractivity contribution is 0.137. The van der Waals surface area contributed by atoms with Crippen LogP contribution in [0.25, 0.3) is 0 Å². The van der Waals surface area contributed by atoms with Crippen LogP contribution in [-0.4, -0.2) is 36.6 Å². The third kappa shape index (κ3) is 3.76. The Morgan fingerprint density at radius 1 is 1.47 bits per heavy atom. The van der Waals surface area contributed by atoms with Gasteiger partial charge >= 0.3 is 0 Å². The van der Waals surface area contributed by atoms with E-state index in [-0.39, 0.29) is 0 Å². The van der Waals surface area contributed by atoms with E-state index < -0.39 is 0 Å². The molecule has 1 saturated heterocycles. The summed E-state index contributed by atoms with van der Waals surface area (Å²) in [6, 6.07) is 0. The number of aryl methyl sites for hydroxylation is 1. The largest absolute Gasteiger partial charge is 0.311 e. The Balaban J connectivity index is 1.74. The summed E-state index contributed by atoms with van der Waals surface area (Å²) in [6.07, 6.45) is 4.60. The number of piperidine rings is 1. The minimum atomic E-state index is 0.478. The van der Waals surface area contributed by atoms with Crippen LogP contribution in [0.1, 0.15) is 29.7 Å². The Morgan fingerprint density at radius 2 is 2.18 bits per heavy atom. The zero-order valence-corrected chi connectivity index (χ0v) is 11.9. The highest BCUT2D eigenvalue weighted by Crippen LogP contribution is 2.29. The first-order chi connectivity index (χ1) is 8.07. The van der Waals surface area contributed by atoms with Crippen LogP contribution in [-0.2, 0) is 6.54 Å². The molecule has 0 aliphatic carbocycles. The molecule has 0 saturated carbocycles. The van der Waals surface area contributed by atoms with Gasteiger partial charge in [0.25, 0.3) is 0 Å². The predicted molar refractivity (Wildman–Crippen MR) is 73.4 cm³/mol. The van der Waals surface area contributed by atoms with E-state index in [1.165, 1.54) is 30.8 Å². The van der Waals surface area contributed by atoms with E-state index in [1.807, 2.05) is 6.20 Å². The topological polar surface area (TPSA) is 28.2 Å². The highest BCUT2D eigenvalue weighted by atomic mass is 32.1. The van der Waals surface area contributed by atoms with Gasteiger partial charge in [-0.25, -0.2) is 4.98 Å². The summed E-state index contributed by atoms with van der Waals surface area (Å²) < 4.78 is 0. The SMILES string of the molecule is Cc1ncc(CNCC2(C)CCN(C)CC2)s1. The number of nitrogens with zero attached hydrogens (tertiary/aromatic N) is 2. The average Bonchev–Trinajstić information content (AvgIpc) is 2.69. The molecule has 17 heavy (non-hydrogen) atoms. The lowest BCUT2D eigenvalue weighted by Crippen LogP contribution is -2.41. The second kappa shape index (κ2) is 5.46. The monoisotopic (exact) mass is 253 g/mol. The number of hydrogen-bond acceptors (Lipinski definition) is 4. The Labute approximate surface area is 108 Å². The number of hydrogen-bond donors (Lipinski definition) is 1. The number of aromatic nitrogens is 1. The van der Waals surface area contributed by atoms with Crippen molar-refractivity contribution >= 4 is 11.3 Å². The van der Waals surface area contributed by atoms with Gasteiger partial charge in [0.1, 0.15) is 0 Å². The van der Waals surface area contributed by atoms with Crippen LogP contribution in [0.4, 0.5) is 0 Å². The van der Waals surface area contributed by atoms with Gasteiger partial charge in [0.2, 0.25) is 0 Å². The van der Waals surface area contributed by atoms with E-state index in [9.17, 15) is 0 Å². The molecule has 1 aromatic heterocycles. The normalized spacial score (nSPS) is 20.6. The van der Waals surface area contributed by atoms with Gasteiger partial charge in [0.15, 0.2) is 0 Å². The molecule has 1 aliphatic rings. The van der Waals surface area contributed by atoms with Crippen molar-refractivity contribution in [3.8, 4) is 0 Å². The molecule has 0 aromatic carbocycles. The maximum atomic E-state index is 4.28. The fourth-order valence-corrected chi connectivity index (χ4v) is 3.07. The summed E-state index contributed by atoms with van der Waals surface area (Å²) in [5.41, 5.74) is 0.478. The summed E-state index contributed by atoms with van der Waals surface area (Å²) in [5.74, 6) is 0.